The molecule has 0 amide bonds. The minimum atomic E-state index is -3.31. The van der Waals surface area contributed by atoms with E-state index in [-0.39, 0.29) is 23.5 Å². The van der Waals surface area contributed by atoms with Gasteiger partial charge in [0.2, 0.25) is 10.0 Å². The van der Waals surface area contributed by atoms with Gasteiger partial charge in [-0.25, -0.2) is 13.1 Å². The Morgan fingerprint density at radius 1 is 1.31 bits per heavy atom. The second-order valence-electron chi connectivity index (χ2n) is 4.34. The summed E-state index contributed by atoms with van der Waals surface area (Å²) in [6, 6.07) is 0. The molecule has 0 heterocycles. The van der Waals surface area contributed by atoms with E-state index >= 15 is 0 Å². The van der Waals surface area contributed by atoms with Gasteiger partial charge in [-0.05, 0) is 12.3 Å². The number of nitrogens with one attached hydrogen (secondary N) is 1. The first-order valence-corrected chi connectivity index (χ1v) is 5.74. The standard InChI is InChI=1S/C8H17NO3S/c1-7(10)5-9-13(11,12)6-8(2,3)4/h9H,5-6H2,1-4H3. The van der Waals surface area contributed by atoms with Crippen LogP contribution in [0.2, 0.25) is 0 Å². The summed E-state index contributed by atoms with van der Waals surface area (Å²) in [5, 5.41) is 0. The molecule has 1 N–H and O–H groups in total. The maximum absolute atomic E-state index is 11.3. The normalized spacial score (nSPS) is 12.9. The Kier molecular flexibility index (Phi) is 4.06. The zero-order valence-corrected chi connectivity index (χ0v) is 9.36. The zero-order chi connectivity index (χ0) is 10.7. The fourth-order valence-corrected chi connectivity index (χ4v) is 2.50. The first-order valence-electron chi connectivity index (χ1n) is 4.09. The molecule has 13 heavy (non-hydrogen) atoms. The summed E-state index contributed by atoms with van der Waals surface area (Å²) in [4.78, 5) is 10.5. The summed E-state index contributed by atoms with van der Waals surface area (Å²) in [7, 11) is -3.31. The van der Waals surface area contributed by atoms with Crippen LogP contribution in [0.5, 0.6) is 0 Å². The fourth-order valence-electron chi connectivity index (χ4n) is 0.833. The van der Waals surface area contributed by atoms with Crippen LogP contribution in [0.15, 0.2) is 0 Å². The third-order valence-corrected chi connectivity index (χ3v) is 2.99. The van der Waals surface area contributed by atoms with E-state index in [1.807, 2.05) is 20.8 Å². The van der Waals surface area contributed by atoms with Crippen LogP contribution < -0.4 is 4.72 Å². The molecule has 0 atom stereocenters. The van der Waals surface area contributed by atoms with Gasteiger partial charge in [0.1, 0.15) is 5.78 Å². The maximum Gasteiger partial charge on any atom is 0.212 e. The summed E-state index contributed by atoms with van der Waals surface area (Å²) in [6.07, 6.45) is 0. The molecule has 0 saturated heterocycles. The van der Waals surface area contributed by atoms with Crippen LogP contribution in [-0.4, -0.2) is 26.5 Å². The highest BCUT2D eigenvalue weighted by Gasteiger charge is 2.21. The van der Waals surface area contributed by atoms with Crippen LogP contribution in [0.4, 0.5) is 0 Å². The van der Waals surface area contributed by atoms with Gasteiger partial charge >= 0.3 is 0 Å². The van der Waals surface area contributed by atoms with Crippen molar-refractivity contribution in [1.82, 2.24) is 4.72 Å². The van der Waals surface area contributed by atoms with Crippen molar-refractivity contribution in [1.29, 1.82) is 0 Å². The predicted octanol–water partition coefficient (Wildman–Crippen LogP) is 0.541. The zero-order valence-electron chi connectivity index (χ0n) is 8.55. The molecule has 0 unspecified atom stereocenters. The van der Waals surface area contributed by atoms with Crippen LogP contribution in [0.1, 0.15) is 27.7 Å². The Morgan fingerprint density at radius 3 is 2.08 bits per heavy atom. The Balaban J connectivity index is 4.19. The van der Waals surface area contributed by atoms with Crippen LogP contribution >= 0.6 is 0 Å². The number of carbonyl (C=O) groups is 1. The SMILES string of the molecule is CC(=O)CNS(=O)(=O)CC(C)(C)C. The van der Waals surface area contributed by atoms with E-state index in [2.05, 4.69) is 4.72 Å². The average molecular weight is 207 g/mol. The molecule has 4 nitrogen and oxygen atoms in total. The molecule has 0 aromatic rings. The quantitative estimate of drug-likeness (QED) is 0.732. The molecular formula is C8H17NO3S. The molecule has 0 spiro atoms. The van der Waals surface area contributed by atoms with E-state index in [0.717, 1.165) is 0 Å². The molecular weight excluding hydrogens is 190 g/mol. The number of sulfonamides is 1. The summed E-state index contributed by atoms with van der Waals surface area (Å²) in [5.74, 6) is -0.148. The van der Waals surface area contributed by atoms with Crippen molar-refractivity contribution in [3.05, 3.63) is 0 Å². The van der Waals surface area contributed by atoms with Gasteiger partial charge in [0.25, 0.3) is 0 Å². The molecule has 0 rings (SSSR count). The molecule has 0 aromatic carbocycles. The van der Waals surface area contributed by atoms with E-state index in [4.69, 9.17) is 0 Å². The number of hydrogen-bond acceptors (Lipinski definition) is 3. The third-order valence-electron chi connectivity index (χ3n) is 1.16. The third kappa shape index (κ3) is 7.93. The molecule has 0 aliphatic carbocycles. The second-order valence-corrected chi connectivity index (χ2v) is 6.15. The van der Waals surface area contributed by atoms with Gasteiger partial charge in [-0.1, -0.05) is 20.8 Å². The lowest BCUT2D eigenvalue weighted by molar-refractivity contribution is -0.115. The molecule has 0 radical (unpaired) electrons. The first-order chi connectivity index (χ1) is 5.62. The van der Waals surface area contributed by atoms with Crippen molar-refractivity contribution >= 4 is 15.8 Å². The molecule has 78 valence electrons. The highest BCUT2D eigenvalue weighted by molar-refractivity contribution is 7.89. The molecule has 0 aromatic heterocycles. The van der Waals surface area contributed by atoms with Crippen molar-refractivity contribution in [2.45, 2.75) is 27.7 Å². The van der Waals surface area contributed by atoms with Crippen LogP contribution in [0.25, 0.3) is 0 Å². The topological polar surface area (TPSA) is 63.2 Å². The number of Topliss-reactive ketones (excluding diaryl/α,β-unsaturated/α-hetero) is 1. The first kappa shape index (κ1) is 12.6. The van der Waals surface area contributed by atoms with Crippen molar-refractivity contribution in [3.8, 4) is 0 Å². The van der Waals surface area contributed by atoms with Crippen LogP contribution in [-0.2, 0) is 14.8 Å². The Labute approximate surface area is 79.8 Å². The summed E-state index contributed by atoms with van der Waals surface area (Å²) in [6.45, 7) is 6.73. The molecule has 0 bridgehead atoms. The summed E-state index contributed by atoms with van der Waals surface area (Å²) < 4.78 is 24.8. The van der Waals surface area contributed by atoms with Gasteiger partial charge in [0, 0.05) is 0 Å². The average Bonchev–Trinajstić information content (AvgIpc) is 1.78. The number of carbonyl (C=O) groups excluding carboxylic acids is 1. The summed E-state index contributed by atoms with van der Waals surface area (Å²) >= 11 is 0. The number of ketones is 1. The van der Waals surface area contributed by atoms with Gasteiger partial charge in [-0.3, -0.25) is 4.79 Å². The van der Waals surface area contributed by atoms with Gasteiger partial charge < -0.3 is 0 Å². The van der Waals surface area contributed by atoms with E-state index in [1.165, 1.54) is 6.92 Å². The van der Waals surface area contributed by atoms with Gasteiger partial charge in [0.05, 0.1) is 12.3 Å². The predicted molar refractivity (Wildman–Crippen MR) is 51.9 cm³/mol. The van der Waals surface area contributed by atoms with Crippen molar-refractivity contribution in [3.63, 3.8) is 0 Å². The fraction of sp³-hybridized carbons (Fsp3) is 0.875. The smallest absolute Gasteiger partial charge is 0.212 e. The summed E-state index contributed by atoms with van der Waals surface area (Å²) in [5.41, 5.74) is -0.289. The van der Waals surface area contributed by atoms with Crippen molar-refractivity contribution < 1.29 is 13.2 Å². The highest BCUT2D eigenvalue weighted by atomic mass is 32.2. The maximum atomic E-state index is 11.3. The number of rotatable bonds is 4. The largest absolute Gasteiger partial charge is 0.299 e. The van der Waals surface area contributed by atoms with E-state index in [9.17, 15) is 13.2 Å². The van der Waals surface area contributed by atoms with E-state index in [0.29, 0.717) is 0 Å². The second kappa shape index (κ2) is 4.19. The molecule has 5 heteroatoms. The highest BCUT2D eigenvalue weighted by Crippen LogP contribution is 2.14. The van der Waals surface area contributed by atoms with Crippen LogP contribution in [0.3, 0.4) is 0 Å². The minimum Gasteiger partial charge on any atom is -0.299 e. The lowest BCUT2D eigenvalue weighted by atomic mass is 10.0. The molecule has 0 aliphatic heterocycles. The minimum absolute atomic E-state index is 0.0350. The van der Waals surface area contributed by atoms with Crippen LogP contribution in [0, 0.1) is 5.41 Å². The van der Waals surface area contributed by atoms with E-state index < -0.39 is 10.0 Å². The molecule has 0 aliphatic rings. The van der Waals surface area contributed by atoms with Gasteiger partial charge in [0.15, 0.2) is 0 Å². The van der Waals surface area contributed by atoms with Gasteiger partial charge in [-0.2, -0.15) is 0 Å². The molecule has 0 fully saturated rings. The number of hydrogen-bond donors (Lipinski definition) is 1. The lowest BCUT2D eigenvalue weighted by Crippen LogP contribution is -2.34. The Hall–Kier alpha value is -0.420. The van der Waals surface area contributed by atoms with Crippen molar-refractivity contribution in [2.75, 3.05) is 12.3 Å². The van der Waals surface area contributed by atoms with Gasteiger partial charge in [-0.15, -0.1) is 0 Å². The molecule has 0 saturated carbocycles. The lowest BCUT2D eigenvalue weighted by Gasteiger charge is -2.17. The Morgan fingerprint density at radius 2 is 1.77 bits per heavy atom. The van der Waals surface area contributed by atoms with Crippen molar-refractivity contribution in [2.24, 2.45) is 5.41 Å². The monoisotopic (exact) mass is 207 g/mol. The van der Waals surface area contributed by atoms with E-state index in [1.54, 1.807) is 0 Å². The Bertz CT molecular complexity index is 274.